The molecule has 0 aliphatic heterocycles. The number of hydrogen-bond acceptors (Lipinski definition) is 4. The van der Waals surface area contributed by atoms with Crippen LogP contribution in [0.4, 0.5) is 10.1 Å². The third-order valence-corrected chi connectivity index (χ3v) is 3.00. The van der Waals surface area contributed by atoms with Gasteiger partial charge in [-0.05, 0) is 24.3 Å². The average molecular weight is 281 g/mol. The van der Waals surface area contributed by atoms with Crippen molar-refractivity contribution in [2.45, 2.75) is 6.54 Å². The van der Waals surface area contributed by atoms with E-state index in [0.717, 1.165) is 0 Å². The normalized spacial score (nSPS) is 9.52. The van der Waals surface area contributed by atoms with Crippen LogP contribution in [-0.2, 0) is 6.54 Å². The highest BCUT2D eigenvalue weighted by Crippen LogP contribution is 2.19. The van der Waals surface area contributed by atoms with Crippen molar-refractivity contribution in [2.75, 3.05) is 12.4 Å². The molecule has 0 aliphatic carbocycles. The summed E-state index contributed by atoms with van der Waals surface area (Å²) in [5.74, 6) is 0.0948. The van der Waals surface area contributed by atoms with Crippen molar-refractivity contribution in [1.82, 2.24) is 0 Å². The van der Waals surface area contributed by atoms with E-state index in [1.54, 1.807) is 30.3 Å². The summed E-state index contributed by atoms with van der Waals surface area (Å²) < 4.78 is 18.7. The molecule has 1 N–H and O–H groups in total. The highest BCUT2D eigenvalue weighted by atomic mass is 19.1. The fraction of sp³-hybridized carbons (Fsp3) is 0.125. The molecule has 0 bridgehead atoms. The van der Waals surface area contributed by atoms with Crippen LogP contribution in [0.15, 0.2) is 36.4 Å². The molecule has 104 valence electrons. The summed E-state index contributed by atoms with van der Waals surface area (Å²) in [4.78, 5) is 0. The van der Waals surface area contributed by atoms with Gasteiger partial charge in [-0.2, -0.15) is 10.5 Å². The molecule has 2 aromatic rings. The number of benzene rings is 2. The number of methoxy groups -OCH3 is 1. The summed E-state index contributed by atoms with van der Waals surface area (Å²) in [6.07, 6.45) is 0. The second-order valence-electron chi connectivity index (χ2n) is 4.29. The summed E-state index contributed by atoms with van der Waals surface area (Å²) >= 11 is 0. The molecule has 0 aliphatic rings. The lowest BCUT2D eigenvalue weighted by molar-refractivity contribution is 0.411. The van der Waals surface area contributed by atoms with Crippen molar-refractivity contribution in [3.05, 3.63) is 58.9 Å². The molecule has 0 radical (unpaired) electrons. The molecule has 0 amide bonds. The van der Waals surface area contributed by atoms with Crippen molar-refractivity contribution in [3.8, 4) is 17.9 Å². The van der Waals surface area contributed by atoms with Gasteiger partial charge in [0.05, 0.1) is 18.2 Å². The van der Waals surface area contributed by atoms with Gasteiger partial charge in [-0.15, -0.1) is 0 Å². The third-order valence-electron chi connectivity index (χ3n) is 3.00. The SMILES string of the molecule is COc1ccc(CNc2ccc(C#N)c(C#N)c2)c(F)c1. The van der Waals surface area contributed by atoms with Crippen LogP contribution in [0, 0.1) is 28.5 Å². The Bertz CT molecular complexity index is 744. The number of hydrogen-bond donors (Lipinski definition) is 1. The topological polar surface area (TPSA) is 68.8 Å². The number of rotatable bonds is 4. The van der Waals surface area contributed by atoms with E-state index in [1.807, 2.05) is 12.1 Å². The first-order chi connectivity index (χ1) is 10.2. The molecule has 0 heterocycles. The van der Waals surface area contributed by atoms with E-state index >= 15 is 0 Å². The van der Waals surface area contributed by atoms with Gasteiger partial charge in [0.1, 0.15) is 23.7 Å². The van der Waals surface area contributed by atoms with Crippen molar-refractivity contribution in [2.24, 2.45) is 0 Å². The van der Waals surface area contributed by atoms with Crippen LogP contribution in [0.5, 0.6) is 5.75 Å². The first kappa shape index (κ1) is 14.4. The Hall–Kier alpha value is -3.05. The molecular weight excluding hydrogens is 269 g/mol. The van der Waals surface area contributed by atoms with Gasteiger partial charge >= 0.3 is 0 Å². The standard InChI is InChI=1S/C16H12FN3O/c1-21-15-5-3-12(16(17)7-15)10-20-14-4-2-11(8-18)13(6-14)9-19/h2-7,20H,10H2,1H3. The number of halogens is 1. The zero-order chi connectivity index (χ0) is 15.2. The fourth-order valence-electron chi connectivity index (χ4n) is 1.84. The Morgan fingerprint density at radius 3 is 2.48 bits per heavy atom. The van der Waals surface area contributed by atoms with E-state index in [1.165, 1.54) is 13.2 Å². The maximum Gasteiger partial charge on any atom is 0.131 e. The van der Waals surface area contributed by atoms with E-state index in [4.69, 9.17) is 15.3 Å². The third kappa shape index (κ3) is 3.29. The van der Waals surface area contributed by atoms with Gasteiger partial charge < -0.3 is 10.1 Å². The smallest absolute Gasteiger partial charge is 0.131 e. The lowest BCUT2D eigenvalue weighted by Gasteiger charge is -2.09. The van der Waals surface area contributed by atoms with Gasteiger partial charge in [0.15, 0.2) is 0 Å². The minimum atomic E-state index is -0.365. The Balaban J connectivity index is 2.14. The number of ether oxygens (including phenoxy) is 1. The van der Waals surface area contributed by atoms with E-state index in [0.29, 0.717) is 22.6 Å². The summed E-state index contributed by atoms with van der Waals surface area (Å²) in [5, 5.41) is 20.8. The Labute approximate surface area is 122 Å². The second-order valence-corrected chi connectivity index (χ2v) is 4.29. The fourth-order valence-corrected chi connectivity index (χ4v) is 1.84. The molecule has 0 spiro atoms. The maximum atomic E-state index is 13.8. The Morgan fingerprint density at radius 2 is 1.86 bits per heavy atom. The molecule has 21 heavy (non-hydrogen) atoms. The number of nitrogens with one attached hydrogen (secondary N) is 1. The maximum absolute atomic E-state index is 13.8. The highest BCUT2D eigenvalue weighted by Gasteiger charge is 2.06. The van der Waals surface area contributed by atoms with Crippen LogP contribution in [0.2, 0.25) is 0 Å². The van der Waals surface area contributed by atoms with Crippen molar-refractivity contribution in [1.29, 1.82) is 10.5 Å². The highest BCUT2D eigenvalue weighted by molar-refractivity contribution is 5.56. The molecule has 2 aromatic carbocycles. The first-order valence-corrected chi connectivity index (χ1v) is 6.18. The zero-order valence-electron chi connectivity index (χ0n) is 11.4. The zero-order valence-corrected chi connectivity index (χ0v) is 11.4. The van der Waals surface area contributed by atoms with Gasteiger partial charge in [-0.1, -0.05) is 6.07 Å². The van der Waals surface area contributed by atoms with E-state index < -0.39 is 0 Å². The van der Waals surface area contributed by atoms with Crippen LogP contribution in [0.1, 0.15) is 16.7 Å². The molecule has 0 saturated carbocycles. The van der Waals surface area contributed by atoms with Crippen LogP contribution < -0.4 is 10.1 Å². The number of nitrogens with zero attached hydrogens (tertiary/aromatic N) is 2. The van der Waals surface area contributed by atoms with Gasteiger partial charge in [0, 0.05) is 23.9 Å². The van der Waals surface area contributed by atoms with Crippen LogP contribution in [0.25, 0.3) is 0 Å². The molecule has 0 atom stereocenters. The molecular formula is C16H12FN3O. The van der Waals surface area contributed by atoms with Gasteiger partial charge in [-0.25, -0.2) is 4.39 Å². The van der Waals surface area contributed by atoms with Gasteiger partial charge in [0.25, 0.3) is 0 Å². The van der Waals surface area contributed by atoms with Gasteiger partial charge in [0.2, 0.25) is 0 Å². The summed E-state index contributed by atoms with van der Waals surface area (Å²) in [5.41, 5.74) is 1.75. The van der Waals surface area contributed by atoms with E-state index in [-0.39, 0.29) is 17.9 Å². The van der Waals surface area contributed by atoms with E-state index in [2.05, 4.69) is 5.32 Å². The molecule has 0 aromatic heterocycles. The predicted molar refractivity (Wildman–Crippen MR) is 76.2 cm³/mol. The van der Waals surface area contributed by atoms with E-state index in [9.17, 15) is 4.39 Å². The summed E-state index contributed by atoms with van der Waals surface area (Å²) in [6, 6.07) is 13.3. The predicted octanol–water partition coefficient (Wildman–Crippen LogP) is 3.19. The summed E-state index contributed by atoms with van der Waals surface area (Å²) in [7, 11) is 1.48. The molecule has 0 unspecified atom stereocenters. The van der Waals surface area contributed by atoms with Crippen molar-refractivity contribution >= 4 is 5.69 Å². The monoisotopic (exact) mass is 281 g/mol. The quantitative estimate of drug-likeness (QED) is 0.934. The molecule has 4 nitrogen and oxygen atoms in total. The second kappa shape index (κ2) is 6.40. The first-order valence-electron chi connectivity index (χ1n) is 6.18. The minimum Gasteiger partial charge on any atom is -0.497 e. The number of nitriles is 2. The lowest BCUT2D eigenvalue weighted by atomic mass is 10.1. The number of anilines is 1. The van der Waals surface area contributed by atoms with Crippen LogP contribution >= 0.6 is 0 Å². The van der Waals surface area contributed by atoms with Gasteiger partial charge in [-0.3, -0.25) is 0 Å². The Kier molecular flexibility index (Phi) is 4.38. The van der Waals surface area contributed by atoms with Crippen LogP contribution in [0.3, 0.4) is 0 Å². The molecule has 5 heteroatoms. The lowest BCUT2D eigenvalue weighted by Crippen LogP contribution is -2.02. The van der Waals surface area contributed by atoms with Crippen LogP contribution in [-0.4, -0.2) is 7.11 Å². The largest absolute Gasteiger partial charge is 0.497 e. The van der Waals surface area contributed by atoms with Crippen molar-refractivity contribution in [3.63, 3.8) is 0 Å². The average Bonchev–Trinajstić information content (AvgIpc) is 2.53. The minimum absolute atomic E-state index is 0.270. The molecule has 0 fully saturated rings. The molecule has 0 saturated heterocycles. The summed E-state index contributed by atoms with van der Waals surface area (Å²) in [6.45, 7) is 0.270. The van der Waals surface area contributed by atoms with Crippen molar-refractivity contribution < 1.29 is 9.13 Å². The Morgan fingerprint density at radius 1 is 1.10 bits per heavy atom. The molecule has 2 rings (SSSR count).